The third-order valence-electron chi connectivity index (χ3n) is 3.87. The molecule has 0 aromatic heterocycles. The summed E-state index contributed by atoms with van der Waals surface area (Å²) < 4.78 is 28.0. The van der Waals surface area contributed by atoms with Crippen molar-refractivity contribution in [2.45, 2.75) is 26.3 Å². The summed E-state index contributed by atoms with van der Waals surface area (Å²) in [6, 6.07) is 2.67. The maximum Gasteiger partial charge on any atom is 0.216 e. The predicted molar refractivity (Wildman–Crippen MR) is 80.7 cm³/mol. The van der Waals surface area contributed by atoms with E-state index < -0.39 is 11.6 Å². The molecule has 116 valence electrons. The number of benzene rings is 1. The monoisotopic (exact) mass is 360 g/mol. The summed E-state index contributed by atoms with van der Waals surface area (Å²) in [6.07, 6.45) is 1.86. The first-order valence-corrected chi connectivity index (χ1v) is 7.86. The molecule has 2 rings (SSSR count). The Labute approximate surface area is 131 Å². The molecule has 1 amide bonds. The third-order valence-corrected chi connectivity index (χ3v) is 4.48. The molecule has 0 bridgehead atoms. The van der Waals surface area contributed by atoms with Crippen LogP contribution >= 0.6 is 15.9 Å². The second kappa shape index (κ2) is 7.31. The molecule has 3 nitrogen and oxygen atoms in total. The Bertz CT molecular complexity index is 517. The summed E-state index contributed by atoms with van der Waals surface area (Å²) in [5, 5.41) is 2.82. The largest absolute Gasteiger partial charge is 0.356 e. The normalized spacial score (nSPS) is 17.0. The summed E-state index contributed by atoms with van der Waals surface area (Å²) in [4.78, 5) is 12.9. The molecule has 1 N–H and O–H groups in total. The lowest BCUT2D eigenvalue weighted by atomic mass is 9.96. The Morgan fingerprint density at radius 2 is 2.05 bits per heavy atom. The Balaban J connectivity index is 1.89. The van der Waals surface area contributed by atoms with Crippen molar-refractivity contribution in [1.29, 1.82) is 0 Å². The molecule has 1 fully saturated rings. The van der Waals surface area contributed by atoms with Crippen molar-refractivity contribution in [3.63, 3.8) is 0 Å². The molecule has 21 heavy (non-hydrogen) atoms. The summed E-state index contributed by atoms with van der Waals surface area (Å²) >= 11 is 3.09. The van der Waals surface area contributed by atoms with E-state index in [-0.39, 0.29) is 18.0 Å². The Kier molecular flexibility index (Phi) is 5.70. The molecule has 0 unspecified atom stereocenters. The molecular weight excluding hydrogens is 342 g/mol. The van der Waals surface area contributed by atoms with Crippen molar-refractivity contribution in [3.05, 3.63) is 33.8 Å². The topological polar surface area (TPSA) is 32.3 Å². The lowest BCUT2D eigenvalue weighted by Crippen LogP contribution is -2.38. The molecule has 1 aliphatic heterocycles. The fourth-order valence-corrected chi connectivity index (χ4v) is 2.95. The lowest BCUT2D eigenvalue weighted by Gasteiger charge is -2.32. The molecule has 1 heterocycles. The summed E-state index contributed by atoms with van der Waals surface area (Å²) in [6.45, 7) is 4.05. The van der Waals surface area contributed by atoms with Crippen LogP contribution in [0.25, 0.3) is 0 Å². The van der Waals surface area contributed by atoms with Gasteiger partial charge in [-0.25, -0.2) is 8.78 Å². The summed E-state index contributed by atoms with van der Waals surface area (Å²) in [7, 11) is 0. The highest BCUT2D eigenvalue weighted by Crippen LogP contribution is 2.25. The van der Waals surface area contributed by atoms with Crippen LogP contribution in [0.3, 0.4) is 0 Å². The van der Waals surface area contributed by atoms with Crippen molar-refractivity contribution in [3.8, 4) is 0 Å². The van der Waals surface area contributed by atoms with Gasteiger partial charge in [0, 0.05) is 25.6 Å². The van der Waals surface area contributed by atoms with Gasteiger partial charge in [0.05, 0.1) is 4.47 Å². The van der Waals surface area contributed by atoms with Gasteiger partial charge in [-0.3, -0.25) is 9.69 Å². The number of nitrogens with one attached hydrogen (secondary N) is 1. The van der Waals surface area contributed by atoms with Gasteiger partial charge in [-0.1, -0.05) is 0 Å². The molecule has 1 saturated heterocycles. The molecule has 0 aliphatic carbocycles. The van der Waals surface area contributed by atoms with E-state index in [9.17, 15) is 13.6 Å². The van der Waals surface area contributed by atoms with Crippen molar-refractivity contribution >= 4 is 21.8 Å². The standard InChI is InChI=1S/C15H19BrF2N2O/c1-10(21)19-8-11-4-6-20(7-5-11)9-12-14(17)3-2-13(16)15(12)18/h2-3,11H,4-9H2,1H3,(H,19,21). The average molecular weight is 361 g/mol. The van der Waals surface area contributed by atoms with Gasteiger partial charge in [0.15, 0.2) is 0 Å². The molecule has 0 saturated carbocycles. The molecule has 0 radical (unpaired) electrons. The maximum absolute atomic E-state index is 13.9. The minimum absolute atomic E-state index is 0.0179. The molecule has 1 aromatic rings. The van der Waals surface area contributed by atoms with Crippen molar-refractivity contribution in [1.82, 2.24) is 10.2 Å². The minimum Gasteiger partial charge on any atom is -0.356 e. The first-order valence-electron chi connectivity index (χ1n) is 7.06. The number of piperidine rings is 1. The van der Waals surface area contributed by atoms with Gasteiger partial charge < -0.3 is 5.32 Å². The van der Waals surface area contributed by atoms with Crippen molar-refractivity contribution in [2.24, 2.45) is 5.92 Å². The second-order valence-electron chi connectivity index (χ2n) is 5.48. The van der Waals surface area contributed by atoms with Gasteiger partial charge in [0.25, 0.3) is 0 Å². The van der Waals surface area contributed by atoms with Crippen LogP contribution in [0.1, 0.15) is 25.3 Å². The lowest BCUT2D eigenvalue weighted by molar-refractivity contribution is -0.119. The number of rotatable bonds is 4. The predicted octanol–water partition coefficient (Wildman–Crippen LogP) is 3.08. The van der Waals surface area contributed by atoms with E-state index in [1.165, 1.54) is 19.1 Å². The number of nitrogens with zero attached hydrogens (tertiary/aromatic N) is 1. The Morgan fingerprint density at radius 1 is 1.38 bits per heavy atom. The number of halogens is 3. The SMILES string of the molecule is CC(=O)NCC1CCN(Cc2c(F)ccc(Br)c2F)CC1. The van der Waals surface area contributed by atoms with E-state index >= 15 is 0 Å². The summed E-state index contributed by atoms with van der Waals surface area (Å²) in [5.41, 5.74) is 0.115. The first-order chi connectivity index (χ1) is 9.97. The quantitative estimate of drug-likeness (QED) is 0.836. The van der Waals surface area contributed by atoms with E-state index in [1.807, 2.05) is 0 Å². The van der Waals surface area contributed by atoms with E-state index in [1.54, 1.807) is 0 Å². The van der Waals surface area contributed by atoms with Crippen molar-refractivity contribution in [2.75, 3.05) is 19.6 Å². The molecule has 1 aromatic carbocycles. The number of carbonyl (C=O) groups is 1. The number of hydrogen-bond donors (Lipinski definition) is 1. The van der Waals surface area contributed by atoms with Crippen LogP contribution < -0.4 is 5.32 Å². The molecule has 1 aliphatic rings. The molecule has 0 atom stereocenters. The van der Waals surface area contributed by atoms with Gasteiger partial charge >= 0.3 is 0 Å². The van der Waals surface area contributed by atoms with Gasteiger partial charge in [-0.2, -0.15) is 0 Å². The average Bonchev–Trinajstić information content (AvgIpc) is 2.47. The van der Waals surface area contributed by atoms with Gasteiger partial charge in [0.2, 0.25) is 5.91 Å². The summed E-state index contributed by atoms with van der Waals surface area (Å²) in [5.74, 6) is -0.593. The fraction of sp³-hybridized carbons (Fsp3) is 0.533. The Hall–Kier alpha value is -1.01. The van der Waals surface area contributed by atoms with E-state index in [0.29, 0.717) is 16.9 Å². The number of carbonyl (C=O) groups excluding carboxylic acids is 1. The highest BCUT2D eigenvalue weighted by Gasteiger charge is 2.22. The van der Waals surface area contributed by atoms with Crippen LogP contribution in [-0.4, -0.2) is 30.4 Å². The fourth-order valence-electron chi connectivity index (χ4n) is 2.57. The van der Waals surface area contributed by atoms with Crippen LogP contribution in [0.5, 0.6) is 0 Å². The van der Waals surface area contributed by atoms with Crippen LogP contribution in [0, 0.1) is 17.6 Å². The van der Waals surface area contributed by atoms with Crippen LogP contribution in [0.2, 0.25) is 0 Å². The smallest absolute Gasteiger partial charge is 0.216 e. The van der Waals surface area contributed by atoms with Gasteiger partial charge in [-0.15, -0.1) is 0 Å². The zero-order chi connectivity index (χ0) is 15.4. The van der Waals surface area contributed by atoms with Crippen LogP contribution in [-0.2, 0) is 11.3 Å². The van der Waals surface area contributed by atoms with Crippen LogP contribution in [0.4, 0.5) is 8.78 Å². The Morgan fingerprint density at radius 3 is 2.67 bits per heavy atom. The van der Waals surface area contributed by atoms with E-state index in [4.69, 9.17) is 0 Å². The molecule has 6 heteroatoms. The number of hydrogen-bond acceptors (Lipinski definition) is 2. The van der Waals surface area contributed by atoms with Gasteiger partial charge in [0.1, 0.15) is 11.6 Å². The molecular formula is C15H19BrF2N2O. The third kappa shape index (κ3) is 4.48. The zero-order valence-electron chi connectivity index (χ0n) is 12.0. The number of amides is 1. The van der Waals surface area contributed by atoms with Crippen molar-refractivity contribution < 1.29 is 13.6 Å². The minimum atomic E-state index is -0.518. The highest BCUT2D eigenvalue weighted by molar-refractivity contribution is 9.10. The first kappa shape index (κ1) is 16.4. The highest BCUT2D eigenvalue weighted by atomic mass is 79.9. The molecule has 0 spiro atoms. The van der Waals surface area contributed by atoms with Gasteiger partial charge in [-0.05, 0) is 59.9 Å². The number of likely N-dealkylation sites (tertiary alicyclic amines) is 1. The zero-order valence-corrected chi connectivity index (χ0v) is 13.6. The van der Waals surface area contributed by atoms with E-state index in [0.717, 1.165) is 25.9 Å². The second-order valence-corrected chi connectivity index (χ2v) is 6.33. The van der Waals surface area contributed by atoms with Crippen LogP contribution in [0.15, 0.2) is 16.6 Å². The maximum atomic E-state index is 13.9. The van der Waals surface area contributed by atoms with E-state index in [2.05, 4.69) is 26.1 Å².